The SMILES string of the molecule is Cc1c(C(C)N)cc([N+](=O)[O-])cc1[N+](=O)[O-]. The molecule has 0 aromatic heterocycles. The molecule has 0 radical (unpaired) electrons. The number of nitro groups is 2. The minimum absolute atomic E-state index is 0.276. The highest BCUT2D eigenvalue weighted by Gasteiger charge is 2.22. The Kier molecular flexibility index (Phi) is 3.19. The van der Waals surface area contributed by atoms with Crippen molar-refractivity contribution >= 4 is 11.4 Å². The van der Waals surface area contributed by atoms with Crippen LogP contribution in [-0.2, 0) is 0 Å². The maximum absolute atomic E-state index is 10.7. The van der Waals surface area contributed by atoms with Crippen LogP contribution in [0.25, 0.3) is 0 Å². The molecule has 0 saturated carbocycles. The van der Waals surface area contributed by atoms with Gasteiger partial charge in [-0.05, 0) is 19.4 Å². The number of hydrogen-bond acceptors (Lipinski definition) is 5. The quantitative estimate of drug-likeness (QED) is 0.622. The maximum atomic E-state index is 10.7. The molecule has 1 rings (SSSR count). The third-order valence-electron chi connectivity index (χ3n) is 2.30. The Morgan fingerprint density at radius 2 is 1.81 bits per heavy atom. The molecule has 0 fully saturated rings. The van der Waals surface area contributed by atoms with Gasteiger partial charge in [0, 0.05) is 17.7 Å². The van der Waals surface area contributed by atoms with Crippen molar-refractivity contribution in [3.8, 4) is 0 Å². The van der Waals surface area contributed by atoms with Gasteiger partial charge in [-0.3, -0.25) is 20.2 Å². The Morgan fingerprint density at radius 3 is 2.19 bits per heavy atom. The molecule has 2 N–H and O–H groups in total. The first-order chi connectivity index (χ1) is 7.34. The van der Waals surface area contributed by atoms with Crippen LogP contribution in [0.3, 0.4) is 0 Å². The molecule has 0 bridgehead atoms. The number of nitrogens with two attached hydrogens (primary N) is 1. The molecule has 16 heavy (non-hydrogen) atoms. The molecule has 1 aromatic carbocycles. The Labute approximate surface area is 91.2 Å². The summed E-state index contributed by atoms with van der Waals surface area (Å²) in [5.74, 6) is 0. The minimum atomic E-state index is -0.668. The van der Waals surface area contributed by atoms with E-state index in [9.17, 15) is 20.2 Å². The first kappa shape index (κ1) is 12.1. The molecule has 1 unspecified atom stereocenters. The van der Waals surface area contributed by atoms with Gasteiger partial charge in [-0.1, -0.05) is 0 Å². The van der Waals surface area contributed by atoms with Gasteiger partial charge in [0.25, 0.3) is 11.4 Å². The van der Waals surface area contributed by atoms with E-state index in [0.29, 0.717) is 11.1 Å². The summed E-state index contributed by atoms with van der Waals surface area (Å²) in [5, 5.41) is 21.3. The lowest BCUT2D eigenvalue weighted by molar-refractivity contribution is -0.394. The van der Waals surface area contributed by atoms with Crippen LogP contribution in [0.2, 0.25) is 0 Å². The molecular formula is C9H11N3O4. The zero-order chi connectivity index (χ0) is 12.5. The number of nitrogens with zero attached hydrogens (tertiary/aromatic N) is 2. The van der Waals surface area contributed by atoms with Crippen molar-refractivity contribution in [3.63, 3.8) is 0 Å². The summed E-state index contributed by atoms with van der Waals surface area (Å²) in [6, 6.07) is 1.73. The molecule has 7 nitrogen and oxygen atoms in total. The van der Waals surface area contributed by atoms with Gasteiger partial charge in [0.05, 0.1) is 15.9 Å². The van der Waals surface area contributed by atoms with E-state index in [1.165, 1.54) is 13.0 Å². The monoisotopic (exact) mass is 225 g/mol. The third kappa shape index (κ3) is 2.14. The van der Waals surface area contributed by atoms with Crippen LogP contribution in [0.1, 0.15) is 24.1 Å². The van der Waals surface area contributed by atoms with Crippen LogP contribution >= 0.6 is 0 Å². The topological polar surface area (TPSA) is 112 Å². The van der Waals surface area contributed by atoms with Crippen molar-refractivity contribution in [3.05, 3.63) is 43.5 Å². The summed E-state index contributed by atoms with van der Waals surface area (Å²) < 4.78 is 0. The van der Waals surface area contributed by atoms with Crippen LogP contribution in [0.5, 0.6) is 0 Å². The lowest BCUT2D eigenvalue weighted by atomic mass is 10.0. The van der Waals surface area contributed by atoms with E-state index in [0.717, 1.165) is 6.07 Å². The van der Waals surface area contributed by atoms with Gasteiger partial charge >= 0.3 is 0 Å². The summed E-state index contributed by atoms with van der Waals surface area (Å²) in [7, 11) is 0. The zero-order valence-corrected chi connectivity index (χ0v) is 8.84. The molecular weight excluding hydrogens is 214 g/mol. The standard InChI is InChI=1S/C9H11N3O4/c1-5-8(6(2)10)3-7(11(13)14)4-9(5)12(15)16/h3-4,6H,10H2,1-2H3. The average Bonchev–Trinajstić information content (AvgIpc) is 2.16. The summed E-state index contributed by atoms with van der Waals surface area (Å²) >= 11 is 0. The zero-order valence-electron chi connectivity index (χ0n) is 8.84. The first-order valence-electron chi connectivity index (χ1n) is 4.53. The molecule has 0 saturated heterocycles. The Hall–Kier alpha value is -2.02. The van der Waals surface area contributed by atoms with E-state index in [4.69, 9.17) is 5.73 Å². The van der Waals surface area contributed by atoms with Crippen LogP contribution in [0, 0.1) is 27.2 Å². The van der Waals surface area contributed by atoms with E-state index >= 15 is 0 Å². The minimum Gasteiger partial charge on any atom is -0.324 e. The fraction of sp³-hybridized carbons (Fsp3) is 0.333. The van der Waals surface area contributed by atoms with Gasteiger partial charge in [0.15, 0.2) is 0 Å². The van der Waals surface area contributed by atoms with E-state index < -0.39 is 15.9 Å². The molecule has 0 spiro atoms. The van der Waals surface area contributed by atoms with Crippen molar-refractivity contribution in [2.24, 2.45) is 5.73 Å². The van der Waals surface area contributed by atoms with Crippen molar-refractivity contribution in [2.75, 3.05) is 0 Å². The fourth-order valence-corrected chi connectivity index (χ4v) is 1.47. The second-order valence-corrected chi connectivity index (χ2v) is 3.48. The van der Waals surface area contributed by atoms with Crippen molar-refractivity contribution in [1.82, 2.24) is 0 Å². The molecule has 7 heteroatoms. The maximum Gasteiger partial charge on any atom is 0.279 e. The highest BCUT2D eigenvalue weighted by atomic mass is 16.6. The average molecular weight is 225 g/mol. The van der Waals surface area contributed by atoms with Crippen molar-refractivity contribution in [1.29, 1.82) is 0 Å². The lowest BCUT2D eigenvalue weighted by Crippen LogP contribution is -2.09. The molecule has 0 aliphatic rings. The number of benzene rings is 1. The number of non-ortho nitro benzene ring substituents is 1. The van der Waals surface area contributed by atoms with Crippen molar-refractivity contribution < 1.29 is 9.85 Å². The molecule has 0 aliphatic carbocycles. The molecule has 0 amide bonds. The van der Waals surface area contributed by atoms with Crippen molar-refractivity contribution in [2.45, 2.75) is 19.9 Å². The van der Waals surface area contributed by atoms with E-state index in [2.05, 4.69) is 0 Å². The lowest BCUT2D eigenvalue weighted by Gasteiger charge is -2.09. The number of nitro benzene ring substituents is 2. The van der Waals surface area contributed by atoms with Crippen LogP contribution < -0.4 is 5.73 Å². The largest absolute Gasteiger partial charge is 0.324 e. The second-order valence-electron chi connectivity index (χ2n) is 3.48. The smallest absolute Gasteiger partial charge is 0.279 e. The molecule has 1 atom stereocenters. The van der Waals surface area contributed by atoms with Gasteiger partial charge in [0.2, 0.25) is 0 Å². The van der Waals surface area contributed by atoms with E-state index in [1.54, 1.807) is 6.92 Å². The normalized spacial score (nSPS) is 12.2. The summed E-state index contributed by atoms with van der Waals surface area (Å²) in [6.45, 7) is 3.15. The predicted molar refractivity (Wildman–Crippen MR) is 57.1 cm³/mol. The second kappa shape index (κ2) is 4.23. The van der Waals surface area contributed by atoms with Gasteiger partial charge in [0.1, 0.15) is 0 Å². The van der Waals surface area contributed by atoms with Crippen LogP contribution in [0.4, 0.5) is 11.4 Å². The third-order valence-corrected chi connectivity index (χ3v) is 2.30. The highest BCUT2D eigenvalue weighted by molar-refractivity contribution is 5.54. The van der Waals surface area contributed by atoms with Gasteiger partial charge in [-0.15, -0.1) is 0 Å². The first-order valence-corrected chi connectivity index (χ1v) is 4.53. The molecule has 0 aliphatic heterocycles. The molecule has 1 aromatic rings. The predicted octanol–water partition coefficient (Wildman–Crippen LogP) is 1.83. The highest BCUT2D eigenvalue weighted by Crippen LogP contribution is 2.30. The summed E-state index contributed by atoms with van der Waals surface area (Å²) in [4.78, 5) is 20.0. The fourth-order valence-electron chi connectivity index (χ4n) is 1.47. The summed E-state index contributed by atoms with van der Waals surface area (Å²) in [6.07, 6.45) is 0. The van der Waals surface area contributed by atoms with E-state index in [-0.39, 0.29) is 11.4 Å². The van der Waals surface area contributed by atoms with Gasteiger partial charge in [-0.2, -0.15) is 0 Å². The van der Waals surface area contributed by atoms with Gasteiger partial charge < -0.3 is 5.73 Å². The molecule has 86 valence electrons. The molecule has 0 heterocycles. The van der Waals surface area contributed by atoms with Crippen LogP contribution in [0.15, 0.2) is 12.1 Å². The number of hydrogen-bond donors (Lipinski definition) is 1. The van der Waals surface area contributed by atoms with Gasteiger partial charge in [-0.25, -0.2) is 0 Å². The number of rotatable bonds is 3. The Bertz CT molecular complexity index is 456. The van der Waals surface area contributed by atoms with Crippen LogP contribution in [-0.4, -0.2) is 9.85 Å². The van der Waals surface area contributed by atoms with E-state index in [1.807, 2.05) is 0 Å². The Balaban J connectivity index is 3.51. The Morgan fingerprint density at radius 1 is 1.25 bits per heavy atom. The summed E-state index contributed by atoms with van der Waals surface area (Å²) in [5.41, 5.74) is 5.80.